The number of hydrogen-bond donors (Lipinski definition) is 3. The maximum Gasteiger partial charge on any atom is 0.299 e. The third kappa shape index (κ3) is 954000. The summed E-state index contributed by atoms with van der Waals surface area (Å²) in [5.74, 6) is 4.35. The lowest BCUT2D eigenvalue weighted by atomic mass is 11.7. The van der Waals surface area contributed by atoms with E-state index in [0.29, 0.717) is 0 Å². The summed E-state index contributed by atoms with van der Waals surface area (Å²) in [6.45, 7) is 0. The van der Waals surface area contributed by atoms with Crippen LogP contribution in [0, 0.1) is 0 Å². The first-order valence-corrected chi connectivity index (χ1v) is 2.24. The highest BCUT2D eigenvalue weighted by atomic mass is 32.2. The molecule has 0 spiro atoms. The lowest BCUT2D eigenvalue weighted by molar-refractivity contribution is 0.206. The summed E-state index contributed by atoms with van der Waals surface area (Å²) >= 11 is -2.61. The monoisotopic (exact) mass is 129 g/mol. The van der Waals surface area contributed by atoms with Crippen molar-refractivity contribution in [3.63, 3.8) is 0 Å². The van der Waals surface area contributed by atoms with Crippen LogP contribution >= 0.6 is 0 Å². The number of nitrogens with two attached hydrogens (primary N) is 1. The van der Waals surface area contributed by atoms with Gasteiger partial charge in [0.25, 0.3) is 11.4 Å². The van der Waals surface area contributed by atoms with Crippen molar-refractivity contribution < 1.29 is 18.2 Å². The highest BCUT2D eigenvalue weighted by Crippen LogP contribution is 1.44. The first-order chi connectivity index (χ1) is 3.15. The van der Waals surface area contributed by atoms with Gasteiger partial charge in [-0.15, -0.1) is 0 Å². The molecule has 7 heavy (non-hydrogen) atoms. The summed E-state index contributed by atoms with van der Waals surface area (Å²) in [5, 5.41) is 0. The van der Waals surface area contributed by atoms with Crippen LogP contribution in [-0.4, -0.2) is 20.4 Å². The van der Waals surface area contributed by atoms with Crippen molar-refractivity contribution in [3.05, 3.63) is 0 Å². The molecule has 0 aromatic rings. The van der Waals surface area contributed by atoms with Crippen LogP contribution in [0.5, 0.6) is 0 Å². The van der Waals surface area contributed by atoms with Crippen molar-refractivity contribution in [1.82, 2.24) is 0 Å². The van der Waals surface area contributed by atoms with Crippen molar-refractivity contribution >= 4 is 11.4 Å². The van der Waals surface area contributed by atoms with Gasteiger partial charge in [-0.1, -0.05) is 0 Å². The van der Waals surface area contributed by atoms with E-state index in [1.54, 1.807) is 0 Å². The first-order valence-electron chi connectivity index (χ1n) is 1.18. The minimum atomic E-state index is -2.61. The molecule has 0 heterocycles. The Bertz CT molecular complexity index is 43.0. The van der Waals surface area contributed by atoms with E-state index in [0.717, 1.165) is 0 Å². The van der Waals surface area contributed by atoms with Gasteiger partial charge in [0.05, 0.1) is 7.11 Å². The third-order valence-electron chi connectivity index (χ3n) is 0. The highest BCUT2D eigenvalue weighted by Gasteiger charge is 1.62. The molecule has 6 heteroatoms. The molecule has 4 N–H and O–H groups in total. The molecule has 0 aliphatic heterocycles. The van der Waals surface area contributed by atoms with Crippen molar-refractivity contribution in [2.75, 3.05) is 7.11 Å². The zero-order valence-electron chi connectivity index (χ0n) is 3.70. The maximum absolute atomic E-state index is 8.67. The topological polar surface area (TPSA) is 92.8 Å². The summed E-state index contributed by atoms with van der Waals surface area (Å²) in [5.41, 5.74) is 0. The van der Waals surface area contributed by atoms with Crippen LogP contribution in [0.2, 0.25) is 0 Å². The van der Waals surface area contributed by atoms with Crippen molar-refractivity contribution in [2.45, 2.75) is 0 Å². The van der Waals surface area contributed by atoms with E-state index in [2.05, 4.69) is 10.7 Å². The van der Waals surface area contributed by atoms with E-state index in [1.807, 2.05) is 0 Å². The van der Waals surface area contributed by atoms with Gasteiger partial charge in [0.15, 0.2) is 0 Å². The quantitative estimate of drug-likeness (QED) is 0.294. The van der Waals surface area contributed by atoms with E-state index >= 15 is 0 Å². The van der Waals surface area contributed by atoms with Crippen LogP contribution < -0.4 is 5.90 Å². The molecule has 0 saturated carbocycles. The Morgan fingerprint density at radius 2 is 1.71 bits per heavy atom. The normalized spacial score (nSPS) is 7.57. The molecule has 0 aromatic heterocycles. The Labute approximate surface area is 43.5 Å². The lowest BCUT2D eigenvalue weighted by Gasteiger charge is -1.62. The smallest absolute Gasteiger partial charge is 0.299 e. The van der Waals surface area contributed by atoms with Crippen molar-refractivity contribution in [1.29, 1.82) is 0 Å². The van der Waals surface area contributed by atoms with Crippen molar-refractivity contribution in [3.8, 4) is 0 Å². The lowest BCUT2D eigenvalue weighted by Crippen LogP contribution is -1.86. The van der Waals surface area contributed by atoms with E-state index in [-0.39, 0.29) is 0 Å². The summed E-state index contributed by atoms with van der Waals surface area (Å²) in [7, 11) is 1.40. The molecular formula is CH7NO4S. The Morgan fingerprint density at radius 3 is 1.71 bits per heavy atom. The molecule has 0 atom stereocenters. The van der Waals surface area contributed by atoms with Gasteiger partial charge in [0.1, 0.15) is 0 Å². The van der Waals surface area contributed by atoms with Gasteiger partial charge in [0.2, 0.25) is 0 Å². The SMILES string of the molecule is CON.O=S(O)O. The highest BCUT2D eigenvalue weighted by molar-refractivity contribution is 7.73. The Kier molecular flexibility index (Phi) is 13.5. The largest absolute Gasteiger partial charge is 0.308 e. The predicted molar refractivity (Wildman–Crippen MR) is 24.6 cm³/mol. The fraction of sp³-hybridized carbons (Fsp3) is 1.00. The van der Waals surface area contributed by atoms with Crippen LogP contribution in [0.25, 0.3) is 0 Å². The maximum atomic E-state index is 8.67. The molecule has 0 unspecified atom stereocenters. The van der Waals surface area contributed by atoms with E-state index in [4.69, 9.17) is 13.3 Å². The minimum Gasteiger partial charge on any atom is -0.308 e. The molecule has 0 aliphatic rings. The minimum absolute atomic E-state index is 1.40. The fourth-order valence-electron chi connectivity index (χ4n) is 0. The molecular weight excluding hydrogens is 122 g/mol. The Balaban J connectivity index is 0. The standard InChI is InChI=1S/CH5NO.H2O3S/c1-3-2;1-4(2)3/h2H2,1H3;(H2,1,2,3). The van der Waals surface area contributed by atoms with E-state index in [9.17, 15) is 0 Å². The number of rotatable bonds is 0. The first kappa shape index (κ1) is 10.1. The Morgan fingerprint density at radius 1 is 1.71 bits per heavy atom. The molecule has 0 bridgehead atoms. The molecule has 0 aromatic carbocycles. The van der Waals surface area contributed by atoms with Gasteiger partial charge in [-0.2, -0.15) is 4.21 Å². The molecule has 0 amide bonds. The van der Waals surface area contributed by atoms with Crippen LogP contribution in [0.3, 0.4) is 0 Å². The predicted octanol–water partition coefficient (Wildman–Crippen LogP) is -0.812. The fourth-order valence-corrected chi connectivity index (χ4v) is 0. The van der Waals surface area contributed by atoms with Crippen LogP contribution in [0.1, 0.15) is 0 Å². The zero-order chi connectivity index (χ0) is 6.28. The molecule has 0 aliphatic carbocycles. The molecule has 0 rings (SSSR count). The van der Waals surface area contributed by atoms with E-state index < -0.39 is 11.4 Å². The van der Waals surface area contributed by atoms with Gasteiger partial charge in [-0.05, 0) is 0 Å². The van der Waals surface area contributed by atoms with Gasteiger partial charge in [-0.3, -0.25) is 9.11 Å². The Hall–Kier alpha value is -0.0100. The van der Waals surface area contributed by atoms with Gasteiger partial charge >= 0.3 is 0 Å². The molecule has 5 nitrogen and oxygen atoms in total. The molecule has 0 fully saturated rings. The molecule has 0 radical (unpaired) electrons. The van der Waals surface area contributed by atoms with Crippen LogP contribution in [0.15, 0.2) is 0 Å². The summed E-state index contributed by atoms with van der Waals surface area (Å²) in [4.78, 5) is 3.75. The van der Waals surface area contributed by atoms with Gasteiger partial charge < -0.3 is 4.84 Å². The van der Waals surface area contributed by atoms with Crippen molar-refractivity contribution in [2.24, 2.45) is 5.90 Å². The molecule has 46 valence electrons. The average Bonchev–Trinajstić information content (AvgIpc) is 1.33. The second kappa shape index (κ2) is 9.37. The second-order valence-electron chi connectivity index (χ2n) is 0.466. The van der Waals surface area contributed by atoms with Gasteiger partial charge in [-0.25, -0.2) is 5.90 Å². The van der Waals surface area contributed by atoms with Gasteiger partial charge in [0, 0.05) is 0 Å². The summed E-state index contributed by atoms with van der Waals surface area (Å²) in [6.07, 6.45) is 0. The zero-order valence-corrected chi connectivity index (χ0v) is 4.51. The molecule has 0 saturated heterocycles. The average molecular weight is 129 g/mol. The van der Waals surface area contributed by atoms with Crippen LogP contribution in [0.4, 0.5) is 0 Å². The third-order valence-corrected chi connectivity index (χ3v) is 0. The number of hydrogen-bond acceptors (Lipinski definition) is 3. The van der Waals surface area contributed by atoms with E-state index in [1.165, 1.54) is 7.11 Å². The van der Waals surface area contributed by atoms with Crippen LogP contribution in [-0.2, 0) is 16.2 Å². The second-order valence-corrected chi connectivity index (χ2v) is 0.928. The summed E-state index contributed by atoms with van der Waals surface area (Å²) in [6, 6.07) is 0. The summed E-state index contributed by atoms with van der Waals surface area (Å²) < 4.78 is 22.8.